The molecule has 0 amide bonds. The van der Waals surface area contributed by atoms with E-state index in [1.54, 1.807) is 99.1 Å². The SMILES string of the molecule is COc1ccc(OC(=O)c2ccc3cc(C(=O)Oc4ccc(OC)cc4)ccc3c2)cc1. The van der Waals surface area contributed by atoms with E-state index in [1.165, 1.54) is 0 Å². The van der Waals surface area contributed by atoms with Crippen molar-refractivity contribution in [3.8, 4) is 23.0 Å². The average molecular weight is 428 g/mol. The third-order valence-corrected chi connectivity index (χ3v) is 4.85. The van der Waals surface area contributed by atoms with E-state index < -0.39 is 11.9 Å². The summed E-state index contributed by atoms with van der Waals surface area (Å²) in [5.74, 6) is 1.26. The van der Waals surface area contributed by atoms with Crippen molar-refractivity contribution in [3.05, 3.63) is 96.1 Å². The van der Waals surface area contributed by atoms with Crippen LogP contribution in [-0.4, -0.2) is 26.2 Å². The molecule has 0 radical (unpaired) electrons. The van der Waals surface area contributed by atoms with E-state index in [0.29, 0.717) is 34.1 Å². The van der Waals surface area contributed by atoms with E-state index in [1.807, 2.05) is 0 Å². The number of rotatable bonds is 6. The van der Waals surface area contributed by atoms with Crippen molar-refractivity contribution in [1.29, 1.82) is 0 Å². The van der Waals surface area contributed by atoms with Crippen LogP contribution < -0.4 is 18.9 Å². The first-order valence-electron chi connectivity index (χ1n) is 9.82. The molecule has 0 bridgehead atoms. The smallest absolute Gasteiger partial charge is 0.343 e. The van der Waals surface area contributed by atoms with Gasteiger partial charge in [0.2, 0.25) is 0 Å². The third-order valence-electron chi connectivity index (χ3n) is 4.85. The summed E-state index contributed by atoms with van der Waals surface area (Å²) in [7, 11) is 3.14. The lowest BCUT2D eigenvalue weighted by atomic mass is 10.0. The molecule has 0 saturated carbocycles. The molecule has 32 heavy (non-hydrogen) atoms. The van der Waals surface area contributed by atoms with E-state index >= 15 is 0 Å². The second kappa shape index (κ2) is 9.22. The second-order valence-corrected chi connectivity index (χ2v) is 6.91. The monoisotopic (exact) mass is 428 g/mol. The number of esters is 2. The van der Waals surface area contributed by atoms with Crippen molar-refractivity contribution in [2.45, 2.75) is 0 Å². The number of hydrogen-bond donors (Lipinski definition) is 0. The van der Waals surface area contributed by atoms with Gasteiger partial charge in [0.15, 0.2) is 0 Å². The standard InChI is InChI=1S/C26H20O6/c1-29-21-7-11-23(12-8-21)31-25(27)19-5-3-18-16-20(6-4-17(18)15-19)26(28)32-24-13-9-22(30-2)10-14-24/h3-16H,1-2H3. The first kappa shape index (κ1) is 20.9. The molecule has 0 unspecified atom stereocenters. The molecule has 4 aromatic carbocycles. The molecule has 0 aliphatic heterocycles. The van der Waals surface area contributed by atoms with Crippen LogP contribution in [0.2, 0.25) is 0 Å². The van der Waals surface area contributed by atoms with Gasteiger partial charge in [-0.05, 0) is 83.6 Å². The Morgan fingerprint density at radius 2 is 0.844 bits per heavy atom. The average Bonchev–Trinajstić information content (AvgIpc) is 2.84. The van der Waals surface area contributed by atoms with Crippen LogP contribution in [0.4, 0.5) is 0 Å². The molecule has 0 fully saturated rings. The zero-order valence-electron chi connectivity index (χ0n) is 17.5. The third kappa shape index (κ3) is 4.70. The number of fused-ring (bicyclic) bond motifs is 1. The predicted molar refractivity (Wildman–Crippen MR) is 120 cm³/mol. The fourth-order valence-electron chi connectivity index (χ4n) is 3.12. The predicted octanol–water partition coefficient (Wildman–Crippen LogP) is 5.30. The molecular formula is C26H20O6. The fourth-order valence-corrected chi connectivity index (χ4v) is 3.12. The molecule has 160 valence electrons. The Hall–Kier alpha value is -4.32. The summed E-state index contributed by atoms with van der Waals surface area (Å²) in [5, 5.41) is 1.60. The van der Waals surface area contributed by atoms with Gasteiger partial charge in [0.25, 0.3) is 0 Å². The normalized spacial score (nSPS) is 10.4. The van der Waals surface area contributed by atoms with Gasteiger partial charge in [0.05, 0.1) is 25.3 Å². The van der Waals surface area contributed by atoms with Crippen molar-refractivity contribution >= 4 is 22.7 Å². The number of carbonyl (C=O) groups is 2. The van der Waals surface area contributed by atoms with Crippen LogP contribution in [0.15, 0.2) is 84.9 Å². The van der Waals surface area contributed by atoms with Gasteiger partial charge in [-0.3, -0.25) is 0 Å². The molecule has 4 rings (SSSR count). The topological polar surface area (TPSA) is 71.1 Å². The second-order valence-electron chi connectivity index (χ2n) is 6.91. The molecule has 0 saturated heterocycles. The van der Waals surface area contributed by atoms with Crippen LogP contribution in [0.25, 0.3) is 10.8 Å². The van der Waals surface area contributed by atoms with Gasteiger partial charge >= 0.3 is 11.9 Å². The number of ether oxygens (including phenoxy) is 4. The first-order chi connectivity index (χ1) is 15.6. The Morgan fingerprint density at radius 1 is 0.500 bits per heavy atom. The van der Waals surface area contributed by atoms with Gasteiger partial charge in [-0.2, -0.15) is 0 Å². The maximum atomic E-state index is 12.5. The quantitative estimate of drug-likeness (QED) is 0.307. The summed E-state index contributed by atoms with van der Waals surface area (Å²) in [5.41, 5.74) is 0.809. The van der Waals surface area contributed by atoms with Crippen molar-refractivity contribution in [3.63, 3.8) is 0 Å². The van der Waals surface area contributed by atoms with E-state index in [4.69, 9.17) is 18.9 Å². The molecule has 6 nitrogen and oxygen atoms in total. The van der Waals surface area contributed by atoms with E-state index in [-0.39, 0.29) is 0 Å². The summed E-state index contributed by atoms with van der Waals surface area (Å²) in [6.45, 7) is 0. The lowest BCUT2D eigenvalue weighted by molar-refractivity contribution is 0.0725. The largest absolute Gasteiger partial charge is 0.497 e. The molecule has 0 aromatic heterocycles. The Kier molecular flexibility index (Phi) is 6.03. The van der Waals surface area contributed by atoms with Crippen molar-refractivity contribution in [2.24, 2.45) is 0 Å². The molecule has 0 aliphatic carbocycles. The Morgan fingerprint density at radius 3 is 1.19 bits per heavy atom. The van der Waals surface area contributed by atoms with Gasteiger partial charge in [-0.25, -0.2) is 9.59 Å². The molecule has 0 heterocycles. The zero-order valence-corrected chi connectivity index (χ0v) is 17.5. The summed E-state index contributed by atoms with van der Waals surface area (Å²) in [6.07, 6.45) is 0. The fraction of sp³-hybridized carbons (Fsp3) is 0.0769. The van der Waals surface area contributed by atoms with Gasteiger partial charge < -0.3 is 18.9 Å². The van der Waals surface area contributed by atoms with Crippen LogP contribution in [0.3, 0.4) is 0 Å². The first-order valence-corrected chi connectivity index (χ1v) is 9.82. The highest BCUT2D eigenvalue weighted by Crippen LogP contribution is 2.23. The zero-order chi connectivity index (χ0) is 22.5. The minimum absolute atomic E-state index is 0.405. The van der Waals surface area contributed by atoms with Crippen LogP contribution in [0, 0.1) is 0 Å². The Bertz CT molecular complexity index is 1160. The maximum absolute atomic E-state index is 12.5. The summed E-state index contributed by atoms with van der Waals surface area (Å²) >= 11 is 0. The van der Waals surface area contributed by atoms with Crippen molar-refractivity contribution in [1.82, 2.24) is 0 Å². The van der Waals surface area contributed by atoms with Gasteiger partial charge in [-0.15, -0.1) is 0 Å². The van der Waals surface area contributed by atoms with Gasteiger partial charge in [0, 0.05) is 0 Å². The number of carbonyl (C=O) groups excluding carboxylic acids is 2. The molecule has 0 atom stereocenters. The lowest BCUT2D eigenvalue weighted by Crippen LogP contribution is -2.09. The van der Waals surface area contributed by atoms with Crippen LogP contribution in [0.5, 0.6) is 23.0 Å². The number of methoxy groups -OCH3 is 2. The van der Waals surface area contributed by atoms with Crippen LogP contribution >= 0.6 is 0 Å². The lowest BCUT2D eigenvalue weighted by Gasteiger charge is -2.08. The Balaban J connectivity index is 1.48. The van der Waals surface area contributed by atoms with Crippen molar-refractivity contribution < 1.29 is 28.5 Å². The van der Waals surface area contributed by atoms with E-state index in [2.05, 4.69) is 0 Å². The molecule has 0 N–H and O–H groups in total. The van der Waals surface area contributed by atoms with Gasteiger partial charge in [-0.1, -0.05) is 12.1 Å². The highest BCUT2D eigenvalue weighted by molar-refractivity contribution is 5.99. The molecule has 6 heteroatoms. The minimum Gasteiger partial charge on any atom is -0.497 e. The molecule has 0 aliphatic rings. The molecular weight excluding hydrogens is 408 g/mol. The van der Waals surface area contributed by atoms with Crippen LogP contribution in [-0.2, 0) is 0 Å². The minimum atomic E-state index is -0.472. The van der Waals surface area contributed by atoms with Crippen molar-refractivity contribution in [2.75, 3.05) is 14.2 Å². The van der Waals surface area contributed by atoms with Gasteiger partial charge in [0.1, 0.15) is 23.0 Å². The number of benzene rings is 4. The summed E-state index contributed by atoms with van der Waals surface area (Å²) in [4.78, 5) is 25.0. The molecule has 4 aromatic rings. The Labute approximate surface area is 184 Å². The van der Waals surface area contributed by atoms with Crippen LogP contribution in [0.1, 0.15) is 20.7 Å². The summed E-state index contributed by atoms with van der Waals surface area (Å²) in [6, 6.07) is 23.8. The summed E-state index contributed by atoms with van der Waals surface area (Å²) < 4.78 is 21.0. The van der Waals surface area contributed by atoms with E-state index in [9.17, 15) is 9.59 Å². The highest BCUT2D eigenvalue weighted by Gasteiger charge is 2.13. The highest BCUT2D eigenvalue weighted by atomic mass is 16.5. The number of hydrogen-bond acceptors (Lipinski definition) is 6. The molecule has 0 spiro atoms. The maximum Gasteiger partial charge on any atom is 0.343 e. The van der Waals surface area contributed by atoms with E-state index in [0.717, 1.165) is 10.8 Å².